The van der Waals surface area contributed by atoms with Crippen molar-refractivity contribution in [1.29, 1.82) is 0 Å². The van der Waals surface area contributed by atoms with Gasteiger partial charge in [-0.15, -0.1) is 0 Å². The number of thiazole rings is 1. The Morgan fingerprint density at radius 2 is 1.83 bits per heavy atom. The third-order valence-electron chi connectivity index (χ3n) is 5.04. The van der Waals surface area contributed by atoms with Gasteiger partial charge in [-0.1, -0.05) is 61.9 Å². The van der Waals surface area contributed by atoms with Crippen molar-refractivity contribution >= 4 is 76.9 Å². The summed E-state index contributed by atoms with van der Waals surface area (Å²) in [5.74, 6) is 0. The van der Waals surface area contributed by atoms with Crippen molar-refractivity contribution in [3.05, 3.63) is 67.0 Å². The van der Waals surface area contributed by atoms with Gasteiger partial charge in [0.15, 0.2) is 0 Å². The number of halogens is 2. The molecule has 4 rings (SSSR count). The van der Waals surface area contributed by atoms with Crippen LogP contribution in [0.4, 0.5) is 5.69 Å². The molecule has 1 aliphatic heterocycles. The van der Waals surface area contributed by atoms with E-state index in [4.69, 9.17) is 0 Å². The molecule has 0 amide bonds. The Morgan fingerprint density at radius 1 is 1.07 bits per heavy atom. The smallest absolute Gasteiger partial charge is 0.263 e. The first-order valence-electron chi connectivity index (χ1n) is 9.83. The van der Waals surface area contributed by atoms with Crippen molar-refractivity contribution in [1.82, 2.24) is 0 Å². The molecule has 0 unspecified atom stereocenters. The van der Waals surface area contributed by atoms with Gasteiger partial charge in [-0.2, -0.15) is 4.57 Å². The Kier molecular flexibility index (Phi) is 6.54. The van der Waals surface area contributed by atoms with Crippen LogP contribution < -0.4 is 9.47 Å². The summed E-state index contributed by atoms with van der Waals surface area (Å²) in [5, 5.41) is 2.61. The summed E-state index contributed by atoms with van der Waals surface area (Å²) in [7, 11) is 0. The minimum absolute atomic E-state index is 0.969. The average Bonchev–Trinajstić information content (AvgIpc) is 3.22. The molecule has 2 aromatic carbocycles. The van der Waals surface area contributed by atoms with Crippen LogP contribution >= 0.6 is 55.0 Å². The molecule has 0 bridgehead atoms. The van der Waals surface area contributed by atoms with Gasteiger partial charge < -0.3 is 4.90 Å². The highest BCUT2D eigenvalue weighted by molar-refractivity contribution is 9.10. The highest BCUT2D eigenvalue weighted by atomic mass is 79.9. The van der Waals surface area contributed by atoms with Gasteiger partial charge in [-0.05, 0) is 62.2 Å². The lowest BCUT2D eigenvalue weighted by molar-refractivity contribution is -0.665. The lowest BCUT2D eigenvalue weighted by Gasteiger charge is -2.18. The fourth-order valence-corrected chi connectivity index (χ4v) is 7.10. The summed E-state index contributed by atoms with van der Waals surface area (Å²) in [6.45, 7) is 8.61. The van der Waals surface area contributed by atoms with Crippen molar-refractivity contribution < 1.29 is 4.57 Å². The van der Waals surface area contributed by atoms with Gasteiger partial charge in [-0.3, -0.25) is 0 Å². The third kappa shape index (κ3) is 4.22. The normalized spacial score (nSPS) is 15.6. The van der Waals surface area contributed by atoms with Crippen LogP contribution in [-0.2, 0) is 6.54 Å². The van der Waals surface area contributed by atoms with Crippen LogP contribution in [-0.4, -0.2) is 6.54 Å². The number of hydrogen-bond donors (Lipinski definition) is 0. The molecule has 0 atom stereocenters. The lowest BCUT2D eigenvalue weighted by Crippen LogP contribution is -2.33. The number of hydrogen-bond acceptors (Lipinski definition) is 3. The highest BCUT2D eigenvalue weighted by Gasteiger charge is 2.24. The van der Waals surface area contributed by atoms with E-state index < -0.39 is 0 Å². The molecule has 1 aliphatic rings. The molecular formula is C23H23Br2N2S2+. The minimum atomic E-state index is 0.969. The SMILES string of the molecule is CCC(=C\c1sc2cc(Br)ccc2[n+]1CC)/C=C1/Sc2cc(Br)ccc2N1CC. The number of benzene rings is 2. The zero-order valence-corrected chi connectivity index (χ0v) is 21.5. The van der Waals surface area contributed by atoms with Crippen LogP contribution in [0.5, 0.6) is 0 Å². The van der Waals surface area contributed by atoms with Gasteiger partial charge in [0, 0.05) is 32.5 Å². The molecule has 6 heteroatoms. The average molecular weight is 551 g/mol. The number of aryl methyl sites for hydroxylation is 1. The van der Waals surface area contributed by atoms with Crippen molar-refractivity contribution in [2.75, 3.05) is 11.4 Å². The maximum Gasteiger partial charge on any atom is 0.263 e. The molecule has 0 saturated heterocycles. The van der Waals surface area contributed by atoms with E-state index >= 15 is 0 Å². The Balaban J connectivity index is 1.75. The predicted octanol–water partition coefficient (Wildman–Crippen LogP) is 8.00. The molecule has 0 saturated carbocycles. The van der Waals surface area contributed by atoms with Crippen LogP contribution in [0, 0.1) is 0 Å². The summed E-state index contributed by atoms with van der Waals surface area (Å²) >= 11 is 10.9. The Hall–Kier alpha value is -1.08. The van der Waals surface area contributed by atoms with E-state index in [2.05, 4.69) is 111 Å². The number of anilines is 1. The van der Waals surface area contributed by atoms with E-state index in [-0.39, 0.29) is 0 Å². The number of rotatable bonds is 5. The highest BCUT2D eigenvalue weighted by Crippen LogP contribution is 2.47. The first-order valence-corrected chi connectivity index (χ1v) is 13.0. The van der Waals surface area contributed by atoms with Gasteiger partial charge in [0.1, 0.15) is 11.2 Å². The van der Waals surface area contributed by atoms with Crippen molar-refractivity contribution in [2.24, 2.45) is 0 Å². The molecular weight excluding hydrogens is 528 g/mol. The van der Waals surface area contributed by atoms with E-state index in [1.54, 1.807) is 0 Å². The molecule has 0 N–H and O–H groups in total. The zero-order valence-electron chi connectivity index (χ0n) is 16.7. The zero-order chi connectivity index (χ0) is 20.5. The second kappa shape index (κ2) is 8.96. The second-order valence-electron chi connectivity index (χ2n) is 6.81. The van der Waals surface area contributed by atoms with Gasteiger partial charge >= 0.3 is 0 Å². The second-order valence-corrected chi connectivity index (χ2v) is 10.8. The van der Waals surface area contributed by atoms with E-state index in [1.807, 2.05) is 23.1 Å². The fourth-order valence-electron chi connectivity index (χ4n) is 3.59. The molecule has 3 aromatic rings. The summed E-state index contributed by atoms with van der Waals surface area (Å²) in [5.41, 5.74) is 3.96. The maximum absolute atomic E-state index is 3.61. The molecule has 29 heavy (non-hydrogen) atoms. The van der Waals surface area contributed by atoms with Crippen molar-refractivity contribution in [2.45, 2.75) is 38.6 Å². The third-order valence-corrected chi connectivity index (χ3v) is 8.22. The number of fused-ring (bicyclic) bond motifs is 2. The van der Waals surface area contributed by atoms with Crippen molar-refractivity contribution in [3.8, 4) is 0 Å². The summed E-state index contributed by atoms with van der Waals surface area (Å²) in [6.07, 6.45) is 5.73. The Bertz CT molecular complexity index is 1130. The molecule has 2 nitrogen and oxygen atoms in total. The Morgan fingerprint density at radius 3 is 2.55 bits per heavy atom. The molecule has 0 fully saturated rings. The van der Waals surface area contributed by atoms with Crippen LogP contribution in [0.1, 0.15) is 32.2 Å². The van der Waals surface area contributed by atoms with E-state index in [9.17, 15) is 0 Å². The van der Waals surface area contributed by atoms with Crippen molar-refractivity contribution in [3.63, 3.8) is 0 Å². The van der Waals surface area contributed by atoms with Gasteiger partial charge in [0.2, 0.25) is 5.52 Å². The maximum atomic E-state index is 3.61. The van der Waals surface area contributed by atoms with Gasteiger partial charge in [-0.25, -0.2) is 0 Å². The fraction of sp³-hybridized carbons (Fsp3) is 0.261. The van der Waals surface area contributed by atoms with E-state index in [0.717, 1.165) is 28.5 Å². The number of thioether (sulfide) groups is 1. The van der Waals surface area contributed by atoms with Crippen LogP contribution in [0.3, 0.4) is 0 Å². The predicted molar refractivity (Wildman–Crippen MR) is 135 cm³/mol. The number of aromatic nitrogens is 1. The summed E-state index contributed by atoms with van der Waals surface area (Å²) in [4.78, 5) is 3.73. The quantitative estimate of drug-likeness (QED) is 0.297. The lowest BCUT2D eigenvalue weighted by atomic mass is 10.2. The molecule has 0 radical (unpaired) electrons. The monoisotopic (exact) mass is 549 g/mol. The molecule has 0 spiro atoms. The molecule has 1 aromatic heterocycles. The molecule has 150 valence electrons. The first kappa shape index (κ1) is 21.2. The Labute approximate surface area is 197 Å². The standard InChI is InChI=1S/C23H23Br2N2S2/c1-4-15(11-22-26(5-2)18-9-7-16(24)13-20(18)28-22)12-23-27(6-3)19-10-8-17(25)14-21(19)29-23/h7-14H,4-6H2,1-3H3/q+1. The van der Waals surface area contributed by atoms with Crippen LogP contribution in [0.2, 0.25) is 0 Å². The number of nitrogens with zero attached hydrogens (tertiary/aromatic N) is 2. The molecule has 0 aliphatic carbocycles. The van der Waals surface area contributed by atoms with Crippen LogP contribution in [0.25, 0.3) is 16.3 Å². The first-order chi connectivity index (χ1) is 14.0. The van der Waals surface area contributed by atoms with Gasteiger partial charge in [0.05, 0.1) is 10.7 Å². The van der Waals surface area contributed by atoms with Gasteiger partial charge in [0.25, 0.3) is 5.01 Å². The van der Waals surface area contributed by atoms with E-state index in [1.165, 1.54) is 36.4 Å². The molecule has 2 heterocycles. The van der Waals surface area contributed by atoms with Crippen LogP contribution in [0.15, 0.2) is 66.9 Å². The topological polar surface area (TPSA) is 7.12 Å². The largest absolute Gasteiger partial charge is 0.335 e. The minimum Gasteiger partial charge on any atom is -0.335 e. The summed E-state index contributed by atoms with van der Waals surface area (Å²) < 4.78 is 5.99. The summed E-state index contributed by atoms with van der Waals surface area (Å²) in [6, 6.07) is 13.1. The number of allylic oxidation sites excluding steroid dienone is 2. The van der Waals surface area contributed by atoms with E-state index in [0.29, 0.717) is 0 Å².